The second-order valence-electron chi connectivity index (χ2n) is 3.96. The topological polar surface area (TPSA) is 39.1 Å². The second-order valence-corrected chi connectivity index (χ2v) is 3.96. The van der Waals surface area contributed by atoms with Crippen molar-refractivity contribution in [3.8, 4) is 0 Å². The molecule has 1 rings (SSSR count). The van der Waals surface area contributed by atoms with Crippen LogP contribution in [-0.2, 0) is 11.3 Å². The van der Waals surface area contributed by atoms with E-state index in [1.54, 1.807) is 0 Å². The number of rotatable bonds is 7. The lowest BCUT2D eigenvalue weighted by Crippen LogP contribution is -2.29. The minimum Gasteiger partial charge on any atom is -0.377 e. The van der Waals surface area contributed by atoms with Gasteiger partial charge >= 0.3 is 0 Å². The van der Waals surface area contributed by atoms with Crippen molar-refractivity contribution >= 4 is 0 Å². The lowest BCUT2D eigenvalue weighted by molar-refractivity contribution is 0.0493. The molecule has 16 heavy (non-hydrogen) atoms. The van der Waals surface area contributed by atoms with E-state index in [1.807, 2.05) is 24.9 Å². The third-order valence-electron chi connectivity index (χ3n) is 2.68. The first-order chi connectivity index (χ1) is 7.72. The summed E-state index contributed by atoms with van der Waals surface area (Å²) in [5, 5.41) is 7.62. The van der Waals surface area contributed by atoms with E-state index in [0.29, 0.717) is 0 Å². The van der Waals surface area contributed by atoms with Gasteiger partial charge in [0.2, 0.25) is 0 Å². The molecule has 0 spiro atoms. The van der Waals surface area contributed by atoms with Crippen LogP contribution in [0.1, 0.15) is 38.8 Å². The number of aryl methyl sites for hydroxylation is 1. The van der Waals surface area contributed by atoms with Gasteiger partial charge < -0.3 is 10.1 Å². The van der Waals surface area contributed by atoms with Gasteiger partial charge in [0.05, 0.1) is 18.3 Å². The number of likely N-dealkylation sites (N-methyl/N-ethyl adjacent to an activating group) is 1. The molecule has 0 aromatic carbocycles. The Balaban J connectivity index is 2.70. The highest BCUT2D eigenvalue weighted by atomic mass is 16.5. The highest BCUT2D eigenvalue weighted by Gasteiger charge is 2.19. The molecule has 0 radical (unpaired) electrons. The summed E-state index contributed by atoms with van der Waals surface area (Å²) in [4.78, 5) is 0. The van der Waals surface area contributed by atoms with Crippen molar-refractivity contribution in [1.29, 1.82) is 0 Å². The van der Waals surface area contributed by atoms with Crippen LogP contribution in [0, 0.1) is 0 Å². The second kappa shape index (κ2) is 6.66. The van der Waals surface area contributed by atoms with Gasteiger partial charge in [-0.3, -0.25) is 4.68 Å². The van der Waals surface area contributed by atoms with Gasteiger partial charge in [-0.15, -0.1) is 0 Å². The van der Waals surface area contributed by atoms with Gasteiger partial charge in [0.15, 0.2) is 0 Å². The van der Waals surface area contributed by atoms with Crippen LogP contribution in [0.25, 0.3) is 0 Å². The van der Waals surface area contributed by atoms with Crippen LogP contribution in [0.2, 0.25) is 0 Å². The van der Waals surface area contributed by atoms with Gasteiger partial charge in [0.1, 0.15) is 0 Å². The van der Waals surface area contributed by atoms with E-state index in [9.17, 15) is 0 Å². The zero-order valence-electron chi connectivity index (χ0n) is 10.7. The summed E-state index contributed by atoms with van der Waals surface area (Å²) in [5.74, 6) is 0. The van der Waals surface area contributed by atoms with Crippen LogP contribution in [0.5, 0.6) is 0 Å². The van der Waals surface area contributed by atoms with Crippen molar-refractivity contribution < 1.29 is 4.74 Å². The molecule has 2 unspecified atom stereocenters. The summed E-state index contributed by atoms with van der Waals surface area (Å²) >= 11 is 0. The van der Waals surface area contributed by atoms with Gasteiger partial charge in [0.25, 0.3) is 0 Å². The van der Waals surface area contributed by atoms with Gasteiger partial charge in [0, 0.05) is 24.9 Å². The number of nitrogens with zero attached hydrogens (tertiary/aromatic N) is 2. The molecule has 0 bridgehead atoms. The molecule has 0 saturated heterocycles. The monoisotopic (exact) mass is 225 g/mol. The summed E-state index contributed by atoms with van der Waals surface area (Å²) in [5.41, 5.74) is 1.19. The minimum absolute atomic E-state index is 0.161. The van der Waals surface area contributed by atoms with Crippen molar-refractivity contribution in [3.05, 3.63) is 18.0 Å². The first-order valence-corrected chi connectivity index (χ1v) is 6.04. The van der Waals surface area contributed by atoms with Gasteiger partial charge in [-0.1, -0.05) is 6.92 Å². The lowest BCUT2D eigenvalue weighted by Gasteiger charge is -2.22. The van der Waals surface area contributed by atoms with E-state index < -0.39 is 0 Å². The fourth-order valence-electron chi connectivity index (χ4n) is 1.92. The van der Waals surface area contributed by atoms with E-state index in [4.69, 9.17) is 4.74 Å². The molecule has 0 amide bonds. The number of hydrogen-bond acceptors (Lipinski definition) is 3. The molecule has 0 aliphatic carbocycles. The van der Waals surface area contributed by atoms with E-state index in [0.717, 1.165) is 19.6 Å². The Hall–Kier alpha value is -0.870. The van der Waals surface area contributed by atoms with Gasteiger partial charge in [-0.05, 0) is 27.3 Å². The maximum Gasteiger partial charge on any atom is 0.0742 e. The van der Waals surface area contributed by atoms with Gasteiger partial charge in [-0.25, -0.2) is 0 Å². The van der Waals surface area contributed by atoms with Crippen molar-refractivity contribution in [2.45, 2.75) is 45.9 Å². The molecule has 4 nitrogen and oxygen atoms in total. The Kier molecular flexibility index (Phi) is 5.49. The summed E-state index contributed by atoms with van der Waals surface area (Å²) in [6, 6.07) is 0.213. The highest BCUT2D eigenvalue weighted by molar-refractivity contribution is 5.12. The number of ether oxygens (including phenoxy) is 1. The molecular formula is C12H23N3O. The average molecular weight is 225 g/mol. The third kappa shape index (κ3) is 3.32. The van der Waals surface area contributed by atoms with E-state index >= 15 is 0 Å². The molecule has 2 atom stereocenters. The van der Waals surface area contributed by atoms with Gasteiger partial charge in [-0.2, -0.15) is 5.10 Å². The Labute approximate surface area is 98.0 Å². The lowest BCUT2D eigenvalue weighted by atomic mass is 10.1. The predicted molar refractivity (Wildman–Crippen MR) is 65.4 cm³/mol. The maximum atomic E-state index is 5.62. The zero-order valence-corrected chi connectivity index (χ0v) is 10.7. The largest absolute Gasteiger partial charge is 0.377 e. The number of hydrogen-bond donors (Lipinski definition) is 1. The minimum atomic E-state index is 0.161. The predicted octanol–water partition coefficient (Wildman–Crippen LogP) is 1.98. The van der Waals surface area contributed by atoms with E-state index in [2.05, 4.69) is 30.5 Å². The molecule has 1 N–H and O–H groups in total. The summed E-state index contributed by atoms with van der Waals surface area (Å²) in [7, 11) is 1.96. The Morgan fingerprint density at radius 3 is 2.81 bits per heavy atom. The Bertz CT molecular complexity index is 298. The summed E-state index contributed by atoms with van der Waals surface area (Å²) < 4.78 is 7.60. The van der Waals surface area contributed by atoms with Crippen molar-refractivity contribution in [1.82, 2.24) is 15.1 Å². The molecule has 1 aromatic heterocycles. The van der Waals surface area contributed by atoms with Crippen molar-refractivity contribution in [3.63, 3.8) is 0 Å². The zero-order chi connectivity index (χ0) is 12.0. The fraction of sp³-hybridized carbons (Fsp3) is 0.750. The summed E-state index contributed by atoms with van der Waals surface area (Å²) in [6.45, 7) is 7.97. The maximum absolute atomic E-state index is 5.62. The van der Waals surface area contributed by atoms with Crippen LogP contribution < -0.4 is 5.32 Å². The van der Waals surface area contributed by atoms with Crippen LogP contribution in [-0.4, -0.2) is 29.5 Å². The Morgan fingerprint density at radius 1 is 1.50 bits per heavy atom. The molecule has 1 aromatic rings. The van der Waals surface area contributed by atoms with Crippen LogP contribution in [0.15, 0.2) is 12.4 Å². The molecule has 0 saturated carbocycles. The Morgan fingerprint density at radius 2 is 2.25 bits per heavy atom. The SMILES string of the molecule is CCCn1cc(C(NC)C(C)OCC)cn1. The number of aromatic nitrogens is 2. The molecule has 1 heterocycles. The normalized spacial score (nSPS) is 15.0. The first-order valence-electron chi connectivity index (χ1n) is 6.04. The number of nitrogens with one attached hydrogen (secondary N) is 1. The van der Waals surface area contributed by atoms with Crippen molar-refractivity contribution in [2.75, 3.05) is 13.7 Å². The van der Waals surface area contributed by atoms with E-state index in [1.165, 1.54) is 5.56 Å². The quantitative estimate of drug-likeness (QED) is 0.771. The van der Waals surface area contributed by atoms with E-state index in [-0.39, 0.29) is 12.1 Å². The molecule has 4 heteroatoms. The van der Waals surface area contributed by atoms with Crippen LogP contribution in [0.3, 0.4) is 0 Å². The third-order valence-corrected chi connectivity index (χ3v) is 2.68. The average Bonchev–Trinajstić information content (AvgIpc) is 2.68. The smallest absolute Gasteiger partial charge is 0.0742 e. The molecule has 0 aliphatic rings. The first kappa shape index (κ1) is 13.2. The fourth-order valence-corrected chi connectivity index (χ4v) is 1.92. The standard InChI is InChI=1S/C12H23N3O/c1-5-7-15-9-11(8-14-15)12(13-4)10(3)16-6-2/h8-10,12-13H,5-7H2,1-4H3. The molecular weight excluding hydrogens is 202 g/mol. The van der Waals surface area contributed by atoms with Crippen LogP contribution >= 0.6 is 0 Å². The summed E-state index contributed by atoms with van der Waals surface area (Å²) in [6.07, 6.45) is 5.29. The van der Waals surface area contributed by atoms with Crippen molar-refractivity contribution in [2.24, 2.45) is 0 Å². The molecule has 0 fully saturated rings. The molecule has 92 valence electrons. The highest BCUT2D eigenvalue weighted by Crippen LogP contribution is 2.18. The molecule has 0 aliphatic heterocycles. The van der Waals surface area contributed by atoms with Crippen LogP contribution in [0.4, 0.5) is 0 Å².